The molecule has 1 aliphatic rings. The summed E-state index contributed by atoms with van der Waals surface area (Å²) in [6, 6.07) is 12.9. The van der Waals surface area contributed by atoms with Gasteiger partial charge in [-0.05, 0) is 37.1 Å². The van der Waals surface area contributed by atoms with E-state index in [9.17, 15) is 4.79 Å². The van der Waals surface area contributed by atoms with Gasteiger partial charge in [0.1, 0.15) is 5.82 Å². The summed E-state index contributed by atoms with van der Waals surface area (Å²) >= 11 is 1.84. The molecule has 0 spiro atoms. The maximum absolute atomic E-state index is 12.2. The molecule has 4 nitrogen and oxygen atoms in total. The van der Waals surface area contributed by atoms with Crippen LogP contribution in [-0.2, 0) is 19.5 Å². The number of rotatable bonds is 3. The van der Waals surface area contributed by atoms with Crippen molar-refractivity contribution in [3.05, 3.63) is 74.3 Å². The van der Waals surface area contributed by atoms with E-state index < -0.39 is 0 Å². The predicted octanol–water partition coefficient (Wildman–Crippen LogP) is 3.67. The van der Waals surface area contributed by atoms with Gasteiger partial charge in [0.05, 0.1) is 11.3 Å². The second-order valence-corrected chi connectivity index (χ2v) is 7.79. The van der Waals surface area contributed by atoms with E-state index in [1.807, 2.05) is 18.3 Å². The van der Waals surface area contributed by atoms with Crippen LogP contribution in [0.15, 0.2) is 41.2 Å². The first-order chi connectivity index (χ1) is 12.1. The molecule has 0 fully saturated rings. The fraction of sp³-hybridized carbons (Fsp3) is 0.300. The lowest BCUT2D eigenvalue weighted by Gasteiger charge is -2.27. The third-order valence-corrected chi connectivity index (χ3v) is 5.82. The summed E-state index contributed by atoms with van der Waals surface area (Å²) in [6.07, 6.45) is 0.843. The Morgan fingerprint density at radius 3 is 2.88 bits per heavy atom. The first-order valence-electron chi connectivity index (χ1n) is 8.56. The summed E-state index contributed by atoms with van der Waals surface area (Å²) in [5.74, 6) is 0.707. The summed E-state index contributed by atoms with van der Waals surface area (Å²) in [5.41, 5.74) is 4.41. The van der Waals surface area contributed by atoms with E-state index in [1.165, 1.54) is 20.9 Å². The SMILES string of the molecule is Cc1nc2c(c(=O)[nH]1)CN(Cc1ccc(-c3ccccc3C)s1)CC2. The van der Waals surface area contributed by atoms with Gasteiger partial charge < -0.3 is 4.98 Å². The normalized spacial score (nSPS) is 14.5. The Labute approximate surface area is 151 Å². The quantitative estimate of drug-likeness (QED) is 0.783. The van der Waals surface area contributed by atoms with Crippen LogP contribution < -0.4 is 5.56 Å². The van der Waals surface area contributed by atoms with Crippen LogP contribution in [0.5, 0.6) is 0 Å². The zero-order valence-corrected chi connectivity index (χ0v) is 15.3. The van der Waals surface area contributed by atoms with Gasteiger partial charge in [-0.15, -0.1) is 11.3 Å². The molecule has 2 aromatic heterocycles. The molecule has 0 amide bonds. The average molecular weight is 351 g/mol. The summed E-state index contributed by atoms with van der Waals surface area (Å²) in [6.45, 7) is 6.49. The van der Waals surface area contributed by atoms with Crippen molar-refractivity contribution in [2.45, 2.75) is 33.4 Å². The number of hydrogen-bond acceptors (Lipinski definition) is 4. The van der Waals surface area contributed by atoms with E-state index in [0.29, 0.717) is 12.4 Å². The van der Waals surface area contributed by atoms with E-state index in [2.05, 4.69) is 58.2 Å². The first kappa shape index (κ1) is 16.2. The third kappa shape index (κ3) is 3.30. The lowest BCUT2D eigenvalue weighted by molar-refractivity contribution is 0.243. The fourth-order valence-corrected chi connectivity index (χ4v) is 4.56. The summed E-state index contributed by atoms with van der Waals surface area (Å²) in [5, 5.41) is 0. The molecule has 0 unspecified atom stereocenters. The highest BCUT2D eigenvalue weighted by Gasteiger charge is 2.21. The molecular weight excluding hydrogens is 330 g/mol. The van der Waals surface area contributed by atoms with Crippen LogP contribution in [0.1, 0.15) is 27.5 Å². The Morgan fingerprint density at radius 1 is 1.20 bits per heavy atom. The summed E-state index contributed by atoms with van der Waals surface area (Å²) < 4.78 is 0. The molecule has 3 heterocycles. The van der Waals surface area contributed by atoms with Crippen LogP contribution in [0.25, 0.3) is 10.4 Å². The molecule has 0 saturated carbocycles. The number of aromatic nitrogens is 2. The second-order valence-electron chi connectivity index (χ2n) is 6.62. The molecule has 0 atom stereocenters. The molecule has 1 aliphatic heterocycles. The van der Waals surface area contributed by atoms with Gasteiger partial charge in [0.15, 0.2) is 0 Å². The number of nitrogens with zero attached hydrogens (tertiary/aromatic N) is 2. The minimum atomic E-state index is 0.0129. The molecule has 5 heteroatoms. The van der Waals surface area contributed by atoms with Crippen molar-refractivity contribution in [1.82, 2.24) is 14.9 Å². The first-order valence-corrected chi connectivity index (χ1v) is 9.37. The van der Waals surface area contributed by atoms with Crippen molar-refractivity contribution in [3.8, 4) is 10.4 Å². The topological polar surface area (TPSA) is 49.0 Å². The van der Waals surface area contributed by atoms with Crippen molar-refractivity contribution in [3.63, 3.8) is 0 Å². The molecular formula is C20H21N3OS. The highest BCUT2D eigenvalue weighted by molar-refractivity contribution is 7.15. The monoisotopic (exact) mass is 351 g/mol. The highest BCUT2D eigenvalue weighted by atomic mass is 32.1. The smallest absolute Gasteiger partial charge is 0.255 e. The van der Waals surface area contributed by atoms with Crippen LogP contribution in [0.2, 0.25) is 0 Å². The van der Waals surface area contributed by atoms with E-state index in [0.717, 1.165) is 30.8 Å². The Bertz CT molecular complexity index is 973. The number of H-pyrrole nitrogens is 1. The van der Waals surface area contributed by atoms with Gasteiger partial charge in [-0.2, -0.15) is 0 Å². The van der Waals surface area contributed by atoms with Crippen molar-refractivity contribution < 1.29 is 0 Å². The van der Waals surface area contributed by atoms with Gasteiger partial charge in [0.2, 0.25) is 0 Å². The van der Waals surface area contributed by atoms with Gasteiger partial charge >= 0.3 is 0 Å². The predicted molar refractivity (Wildman–Crippen MR) is 102 cm³/mol. The average Bonchev–Trinajstić information content (AvgIpc) is 3.04. The number of aryl methyl sites for hydroxylation is 2. The molecule has 0 radical (unpaired) electrons. The maximum atomic E-state index is 12.2. The molecule has 0 saturated heterocycles. The largest absolute Gasteiger partial charge is 0.310 e. The van der Waals surface area contributed by atoms with E-state index >= 15 is 0 Å². The number of hydrogen-bond donors (Lipinski definition) is 1. The minimum Gasteiger partial charge on any atom is -0.310 e. The van der Waals surface area contributed by atoms with Crippen molar-refractivity contribution in [1.29, 1.82) is 0 Å². The molecule has 25 heavy (non-hydrogen) atoms. The van der Waals surface area contributed by atoms with Gasteiger partial charge in [-0.3, -0.25) is 9.69 Å². The highest BCUT2D eigenvalue weighted by Crippen LogP contribution is 2.31. The fourth-order valence-electron chi connectivity index (χ4n) is 3.42. The van der Waals surface area contributed by atoms with Gasteiger partial charge in [0, 0.05) is 35.8 Å². The van der Waals surface area contributed by atoms with E-state index in [4.69, 9.17) is 0 Å². The van der Waals surface area contributed by atoms with Crippen LogP contribution >= 0.6 is 11.3 Å². The number of benzene rings is 1. The number of nitrogens with one attached hydrogen (secondary N) is 1. The lowest BCUT2D eigenvalue weighted by atomic mass is 10.1. The Morgan fingerprint density at radius 2 is 2.04 bits per heavy atom. The summed E-state index contributed by atoms with van der Waals surface area (Å²) in [7, 11) is 0. The lowest BCUT2D eigenvalue weighted by Crippen LogP contribution is -2.35. The zero-order chi connectivity index (χ0) is 17.4. The van der Waals surface area contributed by atoms with Crippen molar-refractivity contribution in [2.24, 2.45) is 0 Å². The molecule has 4 rings (SSSR count). The summed E-state index contributed by atoms with van der Waals surface area (Å²) in [4.78, 5) is 24.5. The molecule has 0 aliphatic carbocycles. The standard InChI is InChI=1S/C20H21N3OS/c1-13-5-3-4-6-16(13)19-8-7-15(25-19)11-23-10-9-18-17(12-23)20(24)22-14(2)21-18/h3-8H,9-12H2,1-2H3,(H,21,22,24). The van der Waals surface area contributed by atoms with Gasteiger partial charge in [-0.25, -0.2) is 4.98 Å². The van der Waals surface area contributed by atoms with Crippen LogP contribution in [0.3, 0.4) is 0 Å². The van der Waals surface area contributed by atoms with Crippen molar-refractivity contribution >= 4 is 11.3 Å². The Kier molecular flexibility index (Phi) is 4.27. The number of thiophene rings is 1. The van der Waals surface area contributed by atoms with Crippen molar-refractivity contribution in [2.75, 3.05) is 6.54 Å². The Balaban J connectivity index is 1.52. The molecule has 128 valence electrons. The molecule has 0 bridgehead atoms. The molecule has 1 aromatic carbocycles. The second kappa shape index (κ2) is 6.58. The van der Waals surface area contributed by atoms with Crippen LogP contribution in [0, 0.1) is 13.8 Å². The maximum Gasteiger partial charge on any atom is 0.255 e. The van der Waals surface area contributed by atoms with Gasteiger partial charge in [0.25, 0.3) is 5.56 Å². The van der Waals surface area contributed by atoms with Crippen LogP contribution in [-0.4, -0.2) is 21.4 Å². The van der Waals surface area contributed by atoms with E-state index in [1.54, 1.807) is 0 Å². The third-order valence-electron chi connectivity index (χ3n) is 4.72. The number of aromatic amines is 1. The minimum absolute atomic E-state index is 0.0129. The van der Waals surface area contributed by atoms with Gasteiger partial charge in [-0.1, -0.05) is 24.3 Å². The Hall–Kier alpha value is -2.24. The van der Waals surface area contributed by atoms with E-state index in [-0.39, 0.29) is 5.56 Å². The van der Waals surface area contributed by atoms with Crippen LogP contribution in [0.4, 0.5) is 0 Å². The molecule has 3 aromatic rings. The number of fused-ring (bicyclic) bond motifs is 1. The molecule has 1 N–H and O–H groups in total. The zero-order valence-electron chi connectivity index (χ0n) is 14.5.